The maximum absolute atomic E-state index is 3.82. The minimum absolute atomic E-state index is 0.447. The molecular weight excluding hydrogens is 172 g/mol. The average Bonchev–Trinajstić information content (AvgIpc) is 2.27. The molecule has 2 atom stereocenters. The maximum Gasteiger partial charge on any atom is 0.0578 e. The summed E-state index contributed by atoms with van der Waals surface area (Å²) in [5, 5.41) is 6.93. The predicted octanol–water partition coefficient (Wildman–Crippen LogP) is 2.71. The highest BCUT2D eigenvalue weighted by Crippen LogP contribution is 2.27. The van der Waals surface area contributed by atoms with Gasteiger partial charge in [0, 0.05) is 12.6 Å². The van der Waals surface area contributed by atoms with Crippen LogP contribution in [-0.2, 0) is 0 Å². The van der Waals surface area contributed by atoms with Crippen LogP contribution in [0.25, 0.3) is 0 Å². The van der Waals surface area contributed by atoms with E-state index in [0.29, 0.717) is 12.0 Å². The van der Waals surface area contributed by atoms with Crippen molar-refractivity contribution >= 4 is 11.4 Å². The lowest BCUT2D eigenvalue weighted by atomic mass is 9.99. The van der Waals surface area contributed by atoms with Crippen molar-refractivity contribution in [3.63, 3.8) is 0 Å². The van der Waals surface area contributed by atoms with E-state index in [9.17, 15) is 0 Å². The minimum atomic E-state index is 0.447. The number of fused-ring (bicyclic) bond motifs is 1. The van der Waals surface area contributed by atoms with Gasteiger partial charge < -0.3 is 10.6 Å². The molecule has 2 heteroatoms. The Balaban J connectivity index is 2.17. The summed E-state index contributed by atoms with van der Waals surface area (Å²) in [6.45, 7) is 6.97. The number of hydrogen-bond donors (Lipinski definition) is 2. The zero-order valence-electron chi connectivity index (χ0n) is 8.46. The summed E-state index contributed by atoms with van der Waals surface area (Å²) in [5.74, 6) is 0.482. The highest BCUT2D eigenvalue weighted by atomic mass is 15.1. The normalized spacial score (nSPS) is 21.4. The van der Waals surface area contributed by atoms with Gasteiger partial charge in [0.05, 0.1) is 11.4 Å². The second-order valence-corrected chi connectivity index (χ2v) is 3.77. The topological polar surface area (TPSA) is 24.1 Å². The number of benzene rings is 1. The van der Waals surface area contributed by atoms with Gasteiger partial charge in [0.25, 0.3) is 0 Å². The predicted molar refractivity (Wildman–Crippen MR) is 61.7 cm³/mol. The second-order valence-electron chi connectivity index (χ2n) is 3.77. The molecule has 1 aromatic carbocycles. The lowest BCUT2D eigenvalue weighted by molar-refractivity contribution is 0.589. The van der Waals surface area contributed by atoms with Gasteiger partial charge in [0.1, 0.15) is 0 Å². The lowest BCUT2D eigenvalue weighted by Crippen LogP contribution is -2.37. The number of rotatable bonds is 2. The molecule has 1 heterocycles. The Morgan fingerprint density at radius 3 is 2.86 bits per heavy atom. The van der Waals surface area contributed by atoms with E-state index in [4.69, 9.17) is 0 Å². The first-order chi connectivity index (χ1) is 6.81. The Labute approximate surface area is 85.0 Å². The number of nitrogens with one attached hydrogen (secondary N) is 2. The molecule has 0 saturated heterocycles. The molecule has 0 bridgehead atoms. The van der Waals surface area contributed by atoms with Crippen LogP contribution >= 0.6 is 0 Å². The molecule has 1 aromatic rings. The van der Waals surface area contributed by atoms with Crippen LogP contribution in [-0.4, -0.2) is 12.6 Å². The van der Waals surface area contributed by atoms with Crippen molar-refractivity contribution in [1.82, 2.24) is 0 Å². The van der Waals surface area contributed by atoms with E-state index < -0.39 is 0 Å². The van der Waals surface area contributed by atoms with Crippen LogP contribution in [0.5, 0.6) is 0 Å². The zero-order valence-corrected chi connectivity index (χ0v) is 8.46. The second kappa shape index (κ2) is 3.74. The lowest BCUT2D eigenvalue weighted by Gasteiger charge is -2.31. The van der Waals surface area contributed by atoms with Crippen molar-refractivity contribution in [3.05, 3.63) is 36.9 Å². The summed E-state index contributed by atoms with van der Waals surface area (Å²) >= 11 is 0. The third-order valence-electron chi connectivity index (χ3n) is 2.79. The fourth-order valence-electron chi connectivity index (χ4n) is 1.72. The summed E-state index contributed by atoms with van der Waals surface area (Å²) in [6.07, 6.45) is 1.99. The van der Waals surface area contributed by atoms with E-state index in [1.807, 2.05) is 12.1 Å². The van der Waals surface area contributed by atoms with Crippen molar-refractivity contribution < 1.29 is 0 Å². The molecule has 74 valence electrons. The third-order valence-corrected chi connectivity index (χ3v) is 2.79. The Bertz CT molecular complexity index is 333. The number of hydrogen-bond acceptors (Lipinski definition) is 2. The summed E-state index contributed by atoms with van der Waals surface area (Å²) in [6, 6.07) is 8.74. The molecule has 0 aromatic heterocycles. The van der Waals surface area contributed by atoms with Gasteiger partial charge in [0.15, 0.2) is 0 Å². The van der Waals surface area contributed by atoms with Gasteiger partial charge >= 0.3 is 0 Å². The molecule has 1 aliphatic heterocycles. The van der Waals surface area contributed by atoms with Crippen LogP contribution < -0.4 is 10.6 Å². The standard InChI is InChI=1S/C12H16N2/c1-3-9(2)12-8-13-10-6-4-5-7-11(10)14-12/h3-7,9,12-14H,1,8H2,2H3/t9-,12+/m1/s1. The van der Waals surface area contributed by atoms with E-state index in [2.05, 4.69) is 42.3 Å². The monoisotopic (exact) mass is 188 g/mol. The summed E-state index contributed by atoms with van der Waals surface area (Å²) < 4.78 is 0. The quantitative estimate of drug-likeness (QED) is 0.697. The Hall–Kier alpha value is -1.44. The molecule has 14 heavy (non-hydrogen) atoms. The summed E-state index contributed by atoms with van der Waals surface area (Å²) in [5.41, 5.74) is 2.39. The molecule has 2 nitrogen and oxygen atoms in total. The van der Waals surface area contributed by atoms with E-state index in [0.717, 1.165) is 6.54 Å². The van der Waals surface area contributed by atoms with Crippen LogP contribution in [0.2, 0.25) is 0 Å². The van der Waals surface area contributed by atoms with Gasteiger partial charge in [-0.3, -0.25) is 0 Å². The van der Waals surface area contributed by atoms with Crippen molar-refractivity contribution in [2.45, 2.75) is 13.0 Å². The SMILES string of the molecule is C=C[C@@H](C)[C@@H]1CNc2ccccc2N1. The highest BCUT2D eigenvalue weighted by Gasteiger charge is 2.19. The first-order valence-electron chi connectivity index (χ1n) is 5.03. The van der Waals surface area contributed by atoms with E-state index in [-0.39, 0.29) is 0 Å². The molecule has 1 aliphatic rings. The fraction of sp³-hybridized carbons (Fsp3) is 0.333. The van der Waals surface area contributed by atoms with E-state index in [1.54, 1.807) is 0 Å². The molecule has 0 unspecified atom stereocenters. The molecule has 2 rings (SSSR count). The molecule has 0 saturated carbocycles. The number of anilines is 2. The highest BCUT2D eigenvalue weighted by molar-refractivity contribution is 5.71. The molecular formula is C12H16N2. The third kappa shape index (κ3) is 1.60. The van der Waals surface area contributed by atoms with Crippen LogP contribution in [0, 0.1) is 5.92 Å². The zero-order chi connectivity index (χ0) is 9.97. The van der Waals surface area contributed by atoms with Gasteiger partial charge in [-0.15, -0.1) is 6.58 Å². The summed E-state index contributed by atoms with van der Waals surface area (Å²) in [4.78, 5) is 0. The van der Waals surface area contributed by atoms with Crippen LogP contribution in [0.1, 0.15) is 6.92 Å². The molecule has 0 aliphatic carbocycles. The molecule has 2 N–H and O–H groups in total. The van der Waals surface area contributed by atoms with Crippen LogP contribution in [0.15, 0.2) is 36.9 Å². The number of para-hydroxylation sites is 2. The Morgan fingerprint density at radius 2 is 2.14 bits per heavy atom. The van der Waals surface area contributed by atoms with Crippen molar-refractivity contribution in [2.24, 2.45) is 5.92 Å². The molecule has 0 fully saturated rings. The van der Waals surface area contributed by atoms with Gasteiger partial charge in [-0.1, -0.05) is 25.1 Å². The van der Waals surface area contributed by atoms with Gasteiger partial charge in [-0.25, -0.2) is 0 Å². The molecule has 0 radical (unpaired) electrons. The minimum Gasteiger partial charge on any atom is -0.381 e. The van der Waals surface area contributed by atoms with Crippen LogP contribution in [0.4, 0.5) is 11.4 Å². The Kier molecular flexibility index (Phi) is 2.44. The van der Waals surface area contributed by atoms with Crippen LogP contribution in [0.3, 0.4) is 0 Å². The maximum atomic E-state index is 3.82. The van der Waals surface area contributed by atoms with E-state index in [1.165, 1.54) is 11.4 Å². The first kappa shape index (κ1) is 9.13. The average molecular weight is 188 g/mol. The van der Waals surface area contributed by atoms with Crippen molar-refractivity contribution in [3.8, 4) is 0 Å². The summed E-state index contributed by atoms with van der Waals surface area (Å²) in [7, 11) is 0. The van der Waals surface area contributed by atoms with Gasteiger partial charge in [-0.05, 0) is 18.1 Å². The van der Waals surface area contributed by atoms with Crippen molar-refractivity contribution in [1.29, 1.82) is 0 Å². The first-order valence-corrected chi connectivity index (χ1v) is 5.03. The largest absolute Gasteiger partial charge is 0.381 e. The molecule has 0 amide bonds. The molecule has 0 spiro atoms. The van der Waals surface area contributed by atoms with Gasteiger partial charge in [-0.2, -0.15) is 0 Å². The van der Waals surface area contributed by atoms with Crippen molar-refractivity contribution in [2.75, 3.05) is 17.2 Å². The fourth-order valence-corrected chi connectivity index (χ4v) is 1.72. The Morgan fingerprint density at radius 1 is 1.43 bits per heavy atom. The van der Waals surface area contributed by atoms with Gasteiger partial charge in [0.2, 0.25) is 0 Å². The smallest absolute Gasteiger partial charge is 0.0578 e. The van der Waals surface area contributed by atoms with E-state index >= 15 is 0 Å².